The maximum Gasteiger partial charge on any atom is 0.162 e. The number of fused-ring (bicyclic) bond motifs is 1. The fraction of sp³-hybridized carbons (Fsp3) is 0.111. The molecule has 0 atom stereocenters. The summed E-state index contributed by atoms with van der Waals surface area (Å²) < 4.78 is 0. The van der Waals surface area contributed by atoms with Crippen LogP contribution in [0.25, 0.3) is 11.0 Å². The first-order valence-corrected chi connectivity index (χ1v) is 4.52. The molecule has 0 aliphatic heterocycles. The number of aryl methyl sites for hydroxylation is 1. The molecule has 0 amide bonds. The molecule has 0 unspecified atom stereocenters. The molecule has 0 aromatic carbocycles. The van der Waals surface area contributed by atoms with Gasteiger partial charge in [-0.3, -0.25) is 0 Å². The van der Waals surface area contributed by atoms with Gasteiger partial charge in [0, 0.05) is 11.1 Å². The number of pyridine rings is 2. The zero-order valence-corrected chi connectivity index (χ0v) is 8.39. The van der Waals surface area contributed by atoms with Gasteiger partial charge in [0.2, 0.25) is 0 Å². The lowest BCUT2D eigenvalue weighted by molar-refractivity contribution is 1.20. The van der Waals surface area contributed by atoms with Crippen LogP contribution in [0, 0.1) is 6.92 Å². The van der Waals surface area contributed by atoms with Gasteiger partial charge in [0.05, 0.1) is 5.02 Å². The molecule has 0 radical (unpaired) electrons. The highest BCUT2D eigenvalue weighted by molar-refractivity contribution is 6.35. The van der Waals surface area contributed by atoms with Crippen molar-refractivity contribution in [2.24, 2.45) is 0 Å². The van der Waals surface area contributed by atoms with E-state index in [2.05, 4.69) is 9.97 Å². The summed E-state index contributed by atoms with van der Waals surface area (Å²) in [6, 6.07) is 5.33. The van der Waals surface area contributed by atoms with Crippen molar-refractivity contribution in [1.29, 1.82) is 0 Å². The molecule has 2 nitrogen and oxygen atoms in total. The van der Waals surface area contributed by atoms with Gasteiger partial charge in [-0.1, -0.05) is 23.2 Å². The van der Waals surface area contributed by atoms with Gasteiger partial charge < -0.3 is 0 Å². The molecule has 0 aliphatic rings. The molecule has 0 bridgehead atoms. The molecule has 2 aromatic heterocycles. The molecule has 0 spiro atoms. The summed E-state index contributed by atoms with van der Waals surface area (Å²) in [5.74, 6) is 0. The summed E-state index contributed by atoms with van der Waals surface area (Å²) in [6.07, 6.45) is 0. The first-order valence-electron chi connectivity index (χ1n) is 3.76. The van der Waals surface area contributed by atoms with E-state index >= 15 is 0 Å². The van der Waals surface area contributed by atoms with Gasteiger partial charge in [0.15, 0.2) is 5.65 Å². The number of hydrogen-bond donors (Lipinski definition) is 0. The molecule has 0 saturated heterocycles. The third kappa shape index (κ3) is 1.60. The van der Waals surface area contributed by atoms with Gasteiger partial charge in [-0.25, -0.2) is 9.97 Å². The van der Waals surface area contributed by atoms with Crippen molar-refractivity contribution in [3.05, 3.63) is 34.1 Å². The van der Waals surface area contributed by atoms with Crippen LogP contribution in [0.5, 0.6) is 0 Å². The van der Waals surface area contributed by atoms with Gasteiger partial charge in [0.1, 0.15) is 5.15 Å². The lowest BCUT2D eigenvalue weighted by Gasteiger charge is -2.00. The Morgan fingerprint density at radius 1 is 1.15 bits per heavy atom. The monoisotopic (exact) mass is 212 g/mol. The van der Waals surface area contributed by atoms with E-state index in [1.807, 2.05) is 13.0 Å². The second kappa shape index (κ2) is 3.13. The van der Waals surface area contributed by atoms with E-state index in [-0.39, 0.29) is 0 Å². The lowest BCUT2D eigenvalue weighted by Crippen LogP contribution is -1.88. The first-order chi connectivity index (χ1) is 6.16. The Labute approximate surface area is 85.5 Å². The third-order valence-electron chi connectivity index (χ3n) is 1.72. The molecule has 66 valence electrons. The largest absolute Gasteiger partial charge is 0.233 e. The van der Waals surface area contributed by atoms with E-state index in [1.54, 1.807) is 12.1 Å². The minimum atomic E-state index is 0.432. The second-order valence-electron chi connectivity index (χ2n) is 2.75. The minimum absolute atomic E-state index is 0.432. The van der Waals surface area contributed by atoms with Crippen LogP contribution in [0.15, 0.2) is 18.2 Å². The molecule has 0 aliphatic carbocycles. The van der Waals surface area contributed by atoms with Gasteiger partial charge in [-0.2, -0.15) is 0 Å². The van der Waals surface area contributed by atoms with Gasteiger partial charge in [0.25, 0.3) is 0 Å². The van der Waals surface area contributed by atoms with Crippen molar-refractivity contribution in [3.63, 3.8) is 0 Å². The maximum absolute atomic E-state index is 5.99. The summed E-state index contributed by atoms with van der Waals surface area (Å²) in [7, 11) is 0. The Morgan fingerprint density at radius 3 is 2.69 bits per heavy atom. The molecule has 0 N–H and O–H groups in total. The summed E-state index contributed by atoms with van der Waals surface area (Å²) in [5, 5.41) is 1.92. The molecule has 4 heteroatoms. The smallest absolute Gasteiger partial charge is 0.162 e. The minimum Gasteiger partial charge on any atom is -0.233 e. The topological polar surface area (TPSA) is 25.8 Å². The van der Waals surface area contributed by atoms with Crippen LogP contribution >= 0.6 is 23.2 Å². The fourth-order valence-corrected chi connectivity index (χ4v) is 1.61. The van der Waals surface area contributed by atoms with Crippen molar-refractivity contribution in [2.75, 3.05) is 0 Å². The van der Waals surface area contributed by atoms with Crippen molar-refractivity contribution in [1.82, 2.24) is 9.97 Å². The number of nitrogens with zero attached hydrogens (tertiary/aromatic N) is 2. The van der Waals surface area contributed by atoms with Crippen LogP contribution in [0.3, 0.4) is 0 Å². The zero-order valence-electron chi connectivity index (χ0n) is 6.88. The van der Waals surface area contributed by atoms with Crippen LogP contribution in [-0.2, 0) is 0 Å². The number of hydrogen-bond acceptors (Lipinski definition) is 2. The van der Waals surface area contributed by atoms with E-state index in [0.717, 1.165) is 11.1 Å². The Balaban J connectivity index is 2.86. The highest BCUT2D eigenvalue weighted by Crippen LogP contribution is 2.22. The SMILES string of the molecule is Cc1cc(Cl)c2ccc(Cl)nc2n1. The molecule has 0 fully saturated rings. The summed E-state index contributed by atoms with van der Waals surface area (Å²) in [4.78, 5) is 8.28. The molecule has 2 rings (SSSR count). The van der Waals surface area contributed by atoms with E-state index in [1.165, 1.54) is 0 Å². The van der Waals surface area contributed by atoms with Gasteiger partial charge >= 0.3 is 0 Å². The fourth-order valence-electron chi connectivity index (χ4n) is 1.16. The lowest BCUT2D eigenvalue weighted by atomic mass is 10.2. The van der Waals surface area contributed by atoms with E-state index in [0.29, 0.717) is 15.8 Å². The predicted octanol–water partition coefficient (Wildman–Crippen LogP) is 3.25. The molecule has 2 aromatic rings. The number of halogens is 2. The first kappa shape index (κ1) is 8.73. The van der Waals surface area contributed by atoms with Gasteiger partial charge in [-0.05, 0) is 25.1 Å². The van der Waals surface area contributed by atoms with Crippen LogP contribution in [0.2, 0.25) is 10.2 Å². The Morgan fingerprint density at radius 2 is 1.92 bits per heavy atom. The normalized spacial score (nSPS) is 10.7. The number of aromatic nitrogens is 2. The number of rotatable bonds is 0. The average Bonchev–Trinajstić information content (AvgIpc) is 2.02. The molecular weight excluding hydrogens is 207 g/mol. The molecule has 0 saturated carbocycles. The highest BCUT2D eigenvalue weighted by Gasteiger charge is 2.03. The van der Waals surface area contributed by atoms with E-state index in [4.69, 9.17) is 23.2 Å². The summed E-state index contributed by atoms with van der Waals surface area (Å²) in [6.45, 7) is 1.87. The average molecular weight is 213 g/mol. The van der Waals surface area contributed by atoms with Crippen LogP contribution in [0.4, 0.5) is 0 Å². The van der Waals surface area contributed by atoms with Crippen molar-refractivity contribution < 1.29 is 0 Å². The Kier molecular flexibility index (Phi) is 2.10. The standard InChI is InChI=1S/C9H6Cl2N2/c1-5-4-7(10)6-2-3-8(11)13-9(6)12-5/h2-4H,1H3. The van der Waals surface area contributed by atoms with Crippen LogP contribution < -0.4 is 0 Å². The van der Waals surface area contributed by atoms with Crippen molar-refractivity contribution >= 4 is 34.2 Å². The molecule has 13 heavy (non-hydrogen) atoms. The van der Waals surface area contributed by atoms with Crippen molar-refractivity contribution in [3.8, 4) is 0 Å². The van der Waals surface area contributed by atoms with Crippen molar-refractivity contribution in [2.45, 2.75) is 6.92 Å². The second-order valence-corrected chi connectivity index (χ2v) is 3.55. The summed E-state index contributed by atoms with van der Waals surface area (Å²) in [5.41, 5.74) is 1.43. The van der Waals surface area contributed by atoms with E-state index in [9.17, 15) is 0 Å². The van der Waals surface area contributed by atoms with E-state index < -0.39 is 0 Å². The van der Waals surface area contributed by atoms with Gasteiger partial charge in [-0.15, -0.1) is 0 Å². The molecular formula is C9H6Cl2N2. The quantitative estimate of drug-likeness (QED) is 0.627. The van der Waals surface area contributed by atoms with Crippen LogP contribution in [-0.4, -0.2) is 9.97 Å². The maximum atomic E-state index is 5.99. The summed E-state index contributed by atoms with van der Waals surface area (Å²) >= 11 is 11.7. The Hall–Kier alpha value is -0.860. The zero-order chi connectivity index (χ0) is 9.42. The predicted molar refractivity (Wildman–Crippen MR) is 54.3 cm³/mol. The third-order valence-corrected chi connectivity index (χ3v) is 2.24. The molecule has 2 heterocycles. The Bertz CT molecular complexity index is 463. The van der Waals surface area contributed by atoms with Crippen LogP contribution in [0.1, 0.15) is 5.69 Å². The highest BCUT2D eigenvalue weighted by atomic mass is 35.5.